The molecular formula is C20H15BrF3N. The number of halogens is 4. The van der Waals surface area contributed by atoms with Crippen molar-refractivity contribution in [2.24, 2.45) is 0 Å². The average Bonchev–Trinajstić information content (AvgIpc) is 2.60. The summed E-state index contributed by atoms with van der Waals surface area (Å²) in [5.74, 6) is 0. The van der Waals surface area contributed by atoms with Crippen molar-refractivity contribution in [3.8, 4) is 0 Å². The van der Waals surface area contributed by atoms with Crippen LogP contribution in [0.1, 0.15) is 22.7 Å². The zero-order chi connectivity index (χ0) is 17.9. The number of alkyl halides is 3. The van der Waals surface area contributed by atoms with Crippen molar-refractivity contribution in [3.05, 3.63) is 100 Å². The predicted octanol–water partition coefficient (Wildman–Crippen LogP) is 6.67. The molecule has 0 radical (unpaired) electrons. The smallest absolute Gasteiger partial charge is 0.374 e. The third kappa shape index (κ3) is 4.42. The van der Waals surface area contributed by atoms with E-state index < -0.39 is 11.7 Å². The Balaban J connectivity index is 2.01. The van der Waals surface area contributed by atoms with Gasteiger partial charge in [-0.05, 0) is 29.3 Å². The molecule has 0 aliphatic rings. The van der Waals surface area contributed by atoms with Gasteiger partial charge in [-0.15, -0.1) is 0 Å². The molecule has 25 heavy (non-hydrogen) atoms. The SMILES string of the molecule is FC(F)(F)c1cc(Br)cc(NC(c2ccccc2)c2ccccc2)c1. The average molecular weight is 406 g/mol. The minimum atomic E-state index is -4.39. The summed E-state index contributed by atoms with van der Waals surface area (Å²) in [5, 5.41) is 3.23. The number of rotatable bonds is 4. The molecule has 0 fully saturated rings. The third-order valence-corrected chi connectivity index (χ3v) is 4.26. The molecule has 1 N–H and O–H groups in total. The maximum absolute atomic E-state index is 13.1. The molecule has 1 nitrogen and oxygen atoms in total. The van der Waals surface area contributed by atoms with Crippen molar-refractivity contribution >= 4 is 21.6 Å². The number of anilines is 1. The van der Waals surface area contributed by atoms with E-state index in [9.17, 15) is 13.2 Å². The van der Waals surface area contributed by atoms with Gasteiger partial charge >= 0.3 is 6.18 Å². The van der Waals surface area contributed by atoms with Gasteiger partial charge in [-0.2, -0.15) is 13.2 Å². The van der Waals surface area contributed by atoms with Crippen LogP contribution in [0.2, 0.25) is 0 Å². The summed E-state index contributed by atoms with van der Waals surface area (Å²) < 4.78 is 39.6. The van der Waals surface area contributed by atoms with Gasteiger partial charge in [-0.3, -0.25) is 0 Å². The lowest BCUT2D eigenvalue weighted by Gasteiger charge is -2.22. The second-order valence-corrected chi connectivity index (χ2v) is 6.54. The summed E-state index contributed by atoms with van der Waals surface area (Å²) >= 11 is 3.17. The van der Waals surface area contributed by atoms with Gasteiger partial charge in [0.15, 0.2) is 0 Å². The summed E-state index contributed by atoms with van der Waals surface area (Å²) in [4.78, 5) is 0. The second-order valence-electron chi connectivity index (χ2n) is 5.63. The zero-order valence-electron chi connectivity index (χ0n) is 13.1. The molecule has 0 saturated heterocycles. The first-order valence-corrected chi connectivity index (χ1v) is 8.47. The van der Waals surface area contributed by atoms with Crippen molar-refractivity contribution in [2.75, 3.05) is 5.32 Å². The molecule has 0 bridgehead atoms. The van der Waals surface area contributed by atoms with Crippen LogP contribution in [0.5, 0.6) is 0 Å². The summed E-state index contributed by atoms with van der Waals surface area (Å²) in [6.07, 6.45) is -4.39. The Labute approximate surface area is 152 Å². The molecular weight excluding hydrogens is 391 g/mol. The maximum Gasteiger partial charge on any atom is 0.416 e. The van der Waals surface area contributed by atoms with Crippen LogP contribution in [0, 0.1) is 0 Å². The van der Waals surface area contributed by atoms with Gasteiger partial charge in [-0.25, -0.2) is 0 Å². The Bertz CT molecular complexity index is 793. The Hall–Kier alpha value is -2.27. The van der Waals surface area contributed by atoms with E-state index in [1.54, 1.807) is 6.07 Å². The van der Waals surface area contributed by atoms with E-state index in [0.29, 0.717) is 10.2 Å². The first-order chi connectivity index (χ1) is 11.9. The second kappa shape index (κ2) is 7.31. The van der Waals surface area contributed by atoms with E-state index in [0.717, 1.165) is 23.3 Å². The third-order valence-electron chi connectivity index (χ3n) is 3.80. The minimum absolute atomic E-state index is 0.252. The van der Waals surface area contributed by atoms with Crippen LogP contribution in [0.15, 0.2) is 83.3 Å². The number of nitrogens with one attached hydrogen (secondary N) is 1. The van der Waals surface area contributed by atoms with E-state index in [-0.39, 0.29) is 6.04 Å². The lowest BCUT2D eigenvalue weighted by atomic mass is 9.98. The van der Waals surface area contributed by atoms with Crippen molar-refractivity contribution < 1.29 is 13.2 Å². The molecule has 0 saturated carbocycles. The first-order valence-electron chi connectivity index (χ1n) is 7.68. The van der Waals surface area contributed by atoms with E-state index in [1.165, 1.54) is 0 Å². The van der Waals surface area contributed by atoms with Crippen LogP contribution in [-0.4, -0.2) is 0 Å². The van der Waals surface area contributed by atoms with Gasteiger partial charge < -0.3 is 5.32 Å². The van der Waals surface area contributed by atoms with Gasteiger partial charge in [0.2, 0.25) is 0 Å². The summed E-state index contributed by atoms with van der Waals surface area (Å²) in [5.41, 5.74) is 1.66. The molecule has 0 aromatic heterocycles. The largest absolute Gasteiger partial charge is 0.416 e. The molecule has 3 aromatic carbocycles. The molecule has 0 aliphatic carbocycles. The van der Waals surface area contributed by atoms with Crippen LogP contribution in [-0.2, 0) is 6.18 Å². The van der Waals surface area contributed by atoms with E-state index in [1.807, 2.05) is 60.7 Å². The highest BCUT2D eigenvalue weighted by Crippen LogP contribution is 2.35. The number of hydrogen-bond donors (Lipinski definition) is 1. The van der Waals surface area contributed by atoms with Crippen molar-refractivity contribution in [3.63, 3.8) is 0 Å². The van der Waals surface area contributed by atoms with Crippen molar-refractivity contribution in [2.45, 2.75) is 12.2 Å². The lowest BCUT2D eigenvalue weighted by molar-refractivity contribution is -0.137. The van der Waals surface area contributed by atoms with Gasteiger partial charge in [-0.1, -0.05) is 76.6 Å². The number of hydrogen-bond acceptors (Lipinski definition) is 1. The van der Waals surface area contributed by atoms with E-state index >= 15 is 0 Å². The molecule has 0 atom stereocenters. The summed E-state index contributed by atoms with van der Waals surface area (Å²) in [6.45, 7) is 0. The Morgan fingerprint density at radius 1 is 0.760 bits per heavy atom. The summed E-state index contributed by atoms with van der Waals surface area (Å²) in [7, 11) is 0. The van der Waals surface area contributed by atoms with Crippen LogP contribution >= 0.6 is 15.9 Å². The predicted molar refractivity (Wildman–Crippen MR) is 97.5 cm³/mol. The molecule has 0 unspecified atom stereocenters. The first kappa shape index (κ1) is 17.5. The normalized spacial score (nSPS) is 11.6. The van der Waals surface area contributed by atoms with Gasteiger partial charge in [0.05, 0.1) is 11.6 Å². The highest BCUT2D eigenvalue weighted by molar-refractivity contribution is 9.10. The minimum Gasteiger partial charge on any atom is -0.374 e. The monoisotopic (exact) mass is 405 g/mol. The fraction of sp³-hybridized carbons (Fsp3) is 0.100. The van der Waals surface area contributed by atoms with E-state index in [2.05, 4.69) is 21.2 Å². The standard InChI is InChI=1S/C20H15BrF3N/c21-17-11-16(20(22,23)24)12-18(13-17)25-19(14-7-3-1-4-8-14)15-9-5-2-6-10-15/h1-13,19,25H. The molecule has 0 amide bonds. The maximum atomic E-state index is 13.1. The Morgan fingerprint density at radius 3 is 1.76 bits per heavy atom. The lowest BCUT2D eigenvalue weighted by Crippen LogP contribution is -2.13. The van der Waals surface area contributed by atoms with Crippen molar-refractivity contribution in [1.82, 2.24) is 0 Å². The molecule has 128 valence electrons. The Morgan fingerprint density at radius 2 is 1.28 bits per heavy atom. The fourth-order valence-electron chi connectivity index (χ4n) is 2.65. The van der Waals surface area contributed by atoms with Gasteiger partial charge in [0.25, 0.3) is 0 Å². The van der Waals surface area contributed by atoms with Crippen LogP contribution in [0.3, 0.4) is 0 Å². The topological polar surface area (TPSA) is 12.0 Å². The van der Waals surface area contributed by atoms with Crippen LogP contribution in [0.25, 0.3) is 0 Å². The number of benzene rings is 3. The summed E-state index contributed by atoms with van der Waals surface area (Å²) in [6, 6.07) is 22.9. The van der Waals surface area contributed by atoms with Crippen LogP contribution < -0.4 is 5.32 Å². The Kier molecular flexibility index (Phi) is 5.13. The molecule has 0 heterocycles. The molecule has 5 heteroatoms. The van der Waals surface area contributed by atoms with Crippen LogP contribution in [0.4, 0.5) is 18.9 Å². The zero-order valence-corrected chi connectivity index (χ0v) is 14.7. The highest BCUT2D eigenvalue weighted by atomic mass is 79.9. The van der Waals surface area contributed by atoms with Gasteiger partial charge in [0, 0.05) is 10.2 Å². The quantitative estimate of drug-likeness (QED) is 0.510. The fourth-order valence-corrected chi connectivity index (χ4v) is 3.15. The molecule has 0 spiro atoms. The highest BCUT2D eigenvalue weighted by Gasteiger charge is 2.31. The molecule has 3 rings (SSSR count). The van der Waals surface area contributed by atoms with Crippen molar-refractivity contribution in [1.29, 1.82) is 0 Å². The molecule has 3 aromatic rings. The van der Waals surface area contributed by atoms with Gasteiger partial charge in [0.1, 0.15) is 0 Å². The molecule has 0 aliphatic heterocycles. The van der Waals surface area contributed by atoms with E-state index in [4.69, 9.17) is 0 Å².